The summed E-state index contributed by atoms with van der Waals surface area (Å²) < 4.78 is 2.39. The molecule has 0 aliphatic rings. The van der Waals surface area contributed by atoms with Crippen LogP contribution in [-0.4, -0.2) is 19.8 Å². The Morgan fingerprint density at radius 2 is 2.13 bits per heavy atom. The van der Waals surface area contributed by atoms with Crippen molar-refractivity contribution in [3.8, 4) is 0 Å². The van der Waals surface area contributed by atoms with E-state index < -0.39 is 0 Å². The van der Waals surface area contributed by atoms with Crippen LogP contribution in [0, 0.1) is 0 Å². The fourth-order valence-electron chi connectivity index (χ4n) is 1.49. The number of hydrogen-bond acceptors (Lipinski definition) is 3. The van der Waals surface area contributed by atoms with E-state index in [0.29, 0.717) is 4.73 Å². The molecular weight excluding hydrogens is 256 g/mol. The summed E-state index contributed by atoms with van der Waals surface area (Å²) in [5, 5.41) is 12.3. The molecule has 2 rings (SSSR count). The summed E-state index contributed by atoms with van der Waals surface area (Å²) in [5.41, 5.74) is 1.87. The molecule has 0 spiro atoms. The molecule has 4 nitrogen and oxygen atoms in total. The van der Waals surface area contributed by atoms with E-state index >= 15 is 0 Å². The van der Waals surface area contributed by atoms with E-state index in [0.717, 1.165) is 17.8 Å². The summed E-state index contributed by atoms with van der Waals surface area (Å²) in [5.74, 6) is 0. The largest absolute Gasteiger partial charge is 0.221 e. The number of hydrogen-bond donors (Lipinski definition) is 0. The maximum Gasteiger partial charge on any atom is 0.221 e. The molecule has 0 fully saturated rings. The zero-order chi connectivity index (χ0) is 10.7. The van der Waals surface area contributed by atoms with Gasteiger partial charge in [-0.2, -0.15) is 9.61 Å². The van der Waals surface area contributed by atoms with Crippen LogP contribution in [0.15, 0.2) is 16.9 Å². The Bertz CT molecular complexity index is 452. The molecule has 0 radical (unpaired) electrons. The summed E-state index contributed by atoms with van der Waals surface area (Å²) in [6.45, 7) is 2.20. The molecule has 80 valence electrons. The first kappa shape index (κ1) is 10.5. The first-order valence-corrected chi connectivity index (χ1v) is 5.97. The van der Waals surface area contributed by atoms with E-state index in [9.17, 15) is 0 Å². The minimum Gasteiger partial charge on any atom is -0.187 e. The van der Waals surface area contributed by atoms with Crippen LogP contribution in [0.2, 0.25) is 0 Å². The molecule has 0 saturated carbocycles. The third-order valence-electron chi connectivity index (χ3n) is 2.32. The van der Waals surface area contributed by atoms with Gasteiger partial charge >= 0.3 is 0 Å². The van der Waals surface area contributed by atoms with Crippen molar-refractivity contribution in [2.45, 2.75) is 32.6 Å². The number of rotatable bonds is 4. The SMILES string of the molecule is CCCCCc1ccc2nnc(Br)n2n1. The monoisotopic (exact) mass is 268 g/mol. The molecule has 2 heterocycles. The molecule has 0 amide bonds. The van der Waals surface area contributed by atoms with E-state index in [1.165, 1.54) is 19.3 Å². The second-order valence-corrected chi connectivity index (χ2v) is 4.23. The lowest BCUT2D eigenvalue weighted by Gasteiger charge is -2.00. The van der Waals surface area contributed by atoms with E-state index in [4.69, 9.17) is 0 Å². The van der Waals surface area contributed by atoms with Gasteiger partial charge in [-0.25, -0.2) is 0 Å². The zero-order valence-corrected chi connectivity index (χ0v) is 10.2. The van der Waals surface area contributed by atoms with Crippen LogP contribution in [0.25, 0.3) is 5.65 Å². The topological polar surface area (TPSA) is 43.1 Å². The van der Waals surface area contributed by atoms with Crippen LogP contribution in [0.4, 0.5) is 0 Å². The third kappa shape index (κ3) is 2.34. The van der Waals surface area contributed by atoms with Gasteiger partial charge in [-0.1, -0.05) is 19.8 Å². The number of halogens is 1. The van der Waals surface area contributed by atoms with Gasteiger partial charge in [0.2, 0.25) is 4.73 Å². The highest BCUT2D eigenvalue weighted by molar-refractivity contribution is 9.10. The van der Waals surface area contributed by atoms with Gasteiger partial charge in [-0.15, -0.1) is 10.2 Å². The molecule has 5 heteroatoms. The highest BCUT2D eigenvalue weighted by atomic mass is 79.9. The Kier molecular flexibility index (Phi) is 3.30. The first-order valence-electron chi connectivity index (χ1n) is 5.18. The Hall–Kier alpha value is -0.970. The molecule has 0 aromatic carbocycles. The van der Waals surface area contributed by atoms with Gasteiger partial charge in [0.05, 0.1) is 5.69 Å². The quantitative estimate of drug-likeness (QED) is 0.801. The van der Waals surface area contributed by atoms with Crippen LogP contribution < -0.4 is 0 Å². The molecule has 15 heavy (non-hydrogen) atoms. The normalized spacial score (nSPS) is 11.1. The number of fused-ring (bicyclic) bond motifs is 1. The van der Waals surface area contributed by atoms with Gasteiger partial charge in [-0.3, -0.25) is 0 Å². The second-order valence-electron chi connectivity index (χ2n) is 3.52. The third-order valence-corrected chi connectivity index (χ3v) is 2.81. The van der Waals surface area contributed by atoms with Crippen molar-refractivity contribution >= 4 is 21.6 Å². The van der Waals surface area contributed by atoms with Gasteiger partial charge < -0.3 is 0 Å². The molecule has 2 aromatic rings. The van der Waals surface area contributed by atoms with Crippen molar-refractivity contribution in [2.24, 2.45) is 0 Å². The van der Waals surface area contributed by atoms with E-state index in [1.54, 1.807) is 4.52 Å². The van der Waals surface area contributed by atoms with E-state index in [2.05, 4.69) is 38.1 Å². The van der Waals surface area contributed by atoms with Crippen LogP contribution in [-0.2, 0) is 6.42 Å². The summed E-state index contributed by atoms with van der Waals surface area (Å²) in [7, 11) is 0. The lowest BCUT2D eigenvalue weighted by atomic mass is 10.1. The Balaban J connectivity index is 2.18. The van der Waals surface area contributed by atoms with Crippen molar-refractivity contribution < 1.29 is 0 Å². The Labute approximate surface area is 96.8 Å². The van der Waals surface area contributed by atoms with Crippen LogP contribution in [0.3, 0.4) is 0 Å². The fourth-order valence-corrected chi connectivity index (χ4v) is 1.83. The summed E-state index contributed by atoms with van der Waals surface area (Å²) >= 11 is 3.31. The first-order chi connectivity index (χ1) is 7.31. The van der Waals surface area contributed by atoms with Gasteiger partial charge in [0.1, 0.15) is 0 Å². The molecule has 0 aliphatic heterocycles. The van der Waals surface area contributed by atoms with Crippen molar-refractivity contribution in [2.75, 3.05) is 0 Å². The maximum atomic E-state index is 4.45. The zero-order valence-electron chi connectivity index (χ0n) is 8.65. The van der Waals surface area contributed by atoms with Gasteiger partial charge in [0.25, 0.3) is 0 Å². The predicted molar refractivity (Wildman–Crippen MR) is 61.7 cm³/mol. The minimum atomic E-state index is 0.662. The maximum absolute atomic E-state index is 4.45. The number of aromatic nitrogens is 4. The lowest BCUT2D eigenvalue weighted by molar-refractivity contribution is 0.692. The molecular formula is C10H13BrN4. The van der Waals surface area contributed by atoms with E-state index in [1.807, 2.05) is 12.1 Å². The average molecular weight is 269 g/mol. The average Bonchev–Trinajstić information content (AvgIpc) is 2.61. The molecule has 2 aromatic heterocycles. The summed E-state index contributed by atoms with van der Waals surface area (Å²) in [4.78, 5) is 0. The summed E-state index contributed by atoms with van der Waals surface area (Å²) in [6, 6.07) is 3.97. The fraction of sp³-hybridized carbons (Fsp3) is 0.500. The standard InChI is InChI=1S/C10H13BrN4/c1-2-3-4-5-8-6-7-9-12-13-10(11)15(9)14-8/h6-7H,2-5H2,1H3. The minimum absolute atomic E-state index is 0.662. The number of nitrogens with zero attached hydrogens (tertiary/aromatic N) is 4. The van der Waals surface area contributed by atoms with E-state index in [-0.39, 0.29) is 0 Å². The van der Waals surface area contributed by atoms with Crippen LogP contribution in [0.1, 0.15) is 31.9 Å². The Morgan fingerprint density at radius 3 is 2.93 bits per heavy atom. The molecule has 0 bridgehead atoms. The Morgan fingerprint density at radius 1 is 1.27 bits per heavy atom. The van der Waals surface area contributed by atoms with Gasteiger partial charge in [-0.05, 0) is 40.9 Å². The predicted octanol–water partition coefficient (Wildman–Crippen LogP) is 2.62. The van der Waals surface area contributed by atoms with Gasteiger partial charge in [0, 0.05) is 0 Å². The molecule has 0 N–H and O–H groups in total. The molecule has 0 atom stereocenters. The molecule has 0 unspecified atom stereocenters. The van der Waals surface area contributed by atoms with Crippen molar-refractivity contribution in [1.82, 2.24) is 19.8 Å². The highest BCUT2D eigenvalue weighted by Gasteiger charge is 2.03. The molecule has 0 aliphatic carbocycles. The number of unbranched alkanes of at least 4 members (excludes halogenated alkanes) is 2. The van der Waals surface area contributed by atoms with Crippen molar-refractivity contribution in [3.63, 3.8) is 0 Å². The van der Waals surface area contributed by atoms with Crippen molar-refractivity contribution in [1.29, 1.82) is 0 Å². The lowest BCUT2D eigenvalue weighted by Crippen LogP contribution is -1.98. The van der Waals surface area contributed by atoms with Gasteiger partial charge in [0.15, 0.2) is 5.65 Å². The summed E-state index contributed by atoms with van der Waals surface area (Å²) in [6.07, 6.45) is 4.70. The molecule has 0 saturated heterocycles. The smallest absolute Gasteiger partial charge is 0.187 e. The second kappa shape index (κ2) is 4.70. The van der Waals surface area contributed by atoms with Crippen molar-refractivity contribution in [3.05, 3.63) is 22.6 Å². The van der Waals surface area contributed by atoms with Crippen LogP contribution in [0.5, 0.6) is 0 Å². The number of aryl methyl sites for hydroxylation is 1. The van der Waals surface area contributed by atoms with Crippen LogP contribution >= 0.6 is 15.9 Å². The highest BCUT2D eigenvalue weighted by Crippen LogP contribution is 2.10.